The van der Waals surface area contributed by atoms with Crippen molar-refractivity contribution in [1.82, 2.24) is 14.7 Å². The van der Waals surface area contributed by atoms with Crippen LogP contribution >= 0.6 is 0 Å². The second kappa shape index (κ2) is 6.96. The van der Waals surface area contributed by atoms with Gasteiger partial charge < -0.3 is 4.90 Å². The van der Waals surface area contributed by atoms with Gasteiger partial charge in [-0.3, -0.25) is 24.2 Å². The van der Waals surface area contributed by atoms with Crippen LogP contribution in [0.1, 0.15) is 32.3 Å². The van der Waals surface area contributed by atoms with E-state index in [9.17, 15) is 14.4 Å². The molecule has 2 aliphatic rings. The molecule has 1 fully saturated rings. The fraction of sp³-hybridized carbons (Fsp3) is 0.286. The number of piperazine rings is 1. The van der Waals surface area contributed by atoms with Crippen LogP contribution in [0, 0.1) is 0 Å². The summed E-state index contributed by atoms with van der Waals surface area (Å²) in [5.41, 5.74) is 1.89. The number of rotatable bonds is 3. The minimum atomic E-state index is -0.391. The highest BCUT2D eigenvalue weighted by Crippen LogP contribution is 2.25. The van der Waals surface area contributed by atoms with Gasteiger partial charge in [0.15, 0.2) is 0 Å². The summed E-state index contributed by atoms with van der Waals surface area (Å²) in [6, 6.07) is 16.9. The summed E-state index contributed by atoms with van der Waals surface area (Å²) in [6.45, 7) is 1.66. The fourth-order valence-corrected chi connectivity index (χ4v) is 3.75. The lowest BCUT2D eigenvalue weighted by Crippen LogP contribution is -2.52. The van der Waals surface area contributed by atoms with Crippen molar-refractivity contribution in [3.63, 3.8) is 0 Å². The number of hydrogen-bond acceptors (Lipinski definition) is 4. The van der Waals surface area contributed by atoms with Gasteiger partial charge in [-0.15, -0.1) is 0 Å². The maximum absolute atomic E-state index is 12.8. The predicted molar refractivity (Wildman–Crippen MR) is 100 cm³/mol. The molecular formula is C21H21N3O3. The van der Waals surface area contributed by atoms with Crippen LogP contribution in [0.4, 0.5) is 0 Å². The minimum Gasteiger partial charge on any atom is -0.338 e. The van der Waals surface area contributed by atoms with Gasteiger partial charge in [-0.25, -0.2) is 0 Å². The average molecular weight is 363 g/mol. The largest absolute Gasteiger partial charge is 0.338 e. The Hall–Kier alpha value is -2.99. The molecule has 1 saturated heterocycles. The van der Waals surface area contributed by atoms with E-state index in [2.05, 4.69) is 17.0 Å². The molecule has 1 unspecified atom stereocenters. The van der Waals surface area contributed by atoms with Crippen molar-refractivity contribution in [3.05, 3.63) is 71.3 Å². The number of nitrogens with zero attached hydrogens (tertiary/aromatic N) is 3. The highest BCUT2D eigenvalue weighted by atomic mass is 16.2. The standard InChI is InChI=1S/C21H21N3O3/c1-22-11-12-23(13-18(22)15-7-3-2-4-8-15)19(25)14-24-20(26)16-9-5-6-10-17(16)21(24)27/h2-10,18H,11-14H2,1H3. The Labute approximate surface area is 158 Å². The first-order valence-corrected chi connectivity index (χ1v) is 9.04. The molecule has 6 heteroatoms. The molecule has 27 heavy (non-hydrogen) atoms. The van der Waals surface area contributed by atoms with Gasteiger partial charge in [-0.2, -0.15) is 0 Å². The topological polar surface area (TPSA) is 60.9 Å². The molecule has 0 radical (unpaired) electrons. The number of carbonyl (C=O) groups is 3. The van der Waals surface area contributed by atoms with Crippen LogP contribution in [0.2, 0.25) is 0 Å². The van der Waals surface area contributed by atoms with E-state index in [1.807, 2.05) is 25.2 Å². The van der Waals surface area contributed by atoms with E-state index in [0.717, 1.165) is 17.0 Å². The maximum Gasteiger partial charge on any atom is 0.262 e. The molecular weight excluding hydrogens is 342 g/mol. The molecule has 2 aliphatic heterocycles. The molecule has 1 atom stereocenters. The molecule has 0 aliphatic carbocycles. The molecule has 3 amide bonds. The number of likely N-dealkylation sites (N-methyl/N-ethyl adjacent to an activating group) is 1. The van der Waals surface area contributed by atoms with Gasteiger partial charge >= 0.3 is 0 Å². The normalized spacial score (nSPS) is 20.1. The zero-order chi connectivity index (χ0) is 19.0. The second-order valence-electron chi connectivity index (χ2n) is 6.99. The molecule has 4 rings (SSSR count). The third-order valence-electron chi connectivity index (χ3n) is 5.36. The van der Waals surface area contributed by atoms with E-state index in [4.69, 9.17) is 0 Å². The molecule has 6 nitrogen and oxygen atoms in total. The molecule has 2 aromatic carbocycles. The molecule has 2 aromatic rings. The van der Waals surface area contributed by atoms with Crippen LogP contribution in [-0.4, -0.2) is 65.6 Å². The monoisotopic (exact) mass is 363 g/mol. The Morgan fingerprint density at radius 2 is 1.52 bits per heavy atom. The van der Waals surface area contributed by atoms with E-state index in [1.165, 1.54) is 0 Å². The zero-order valence-electron chi connectivity index (χ0n) is 15.2. The van der Waals surface area contributed by atoms with E-state index in [0.29, 0.717) is 24.2 Å². The van der Waals surface area contributed by atoms with Crippen molar-refractivity contribution >= 4 is 17.7 Å². The van der Waals surface area contributed by atoms with Crippen LogP contribution in [0.25, 0.3) is 0 Å². The average Bonchev–Trinajstić information content (AvgIpc) is 2.94. The van der Waals surface area contributed by atoms with Crippen LogP contribution in [-0.2, 0) is 4.79 Å². The summed E-state index contributed by atoms with van der Waals surface area (Å²) in [4.78, 5) is 42.9. The van der Waals surface area contributed by atoms with Crippen LogP contribution in [0.5, 0.6) is 0 Å². The van der Waals surface area contributed by atoms with Gasteiger partial charge in [-0.05, 0) is 24.7 Å². The maximum atomic E-state index is 12.8. The van der Waals surface area contributed by atoms with Crippen molar-refractivity contribution in [2.24, 2.45) is 0 Å². The molecule has 138 valence electrons. The quantitative estimate of drug-likeness (QED) is 0.780. The molecule has 0 saturated carbocycles. The number of benzene rings is 2. The lowest BCUT2D eigenvalue weighted by Gasteiger charge is -2.40. The second-order valence-corrected chi connectivity index (χ2v) is 6.99. The van der Waals surface area contributed by atoms with E-state index in [-0.39, 0.29) is 18.5 Å². The first-order valence-electron chi connectivity index (χ1n) is 9.04. The van der Waals surface area contributed by atoms with Gasteiger partial charge in [-0.1, -0.05) is 42.5 Å². The lowest BCUT2D eigenvalue weighted by atomic mass is 10.0. The zero-order valence-corrected chi connectivity index (χ0v) is 15.2. The fourth-order valence-electron chi connectivity index (χ4n) is 3.75. The number of fused-ring (bicyclic) bond motifs is 1. The molecule has 0 N–H and O–H groups in total. The van der Waals surface area contributed by atoms with Gasteiger partial charge in [0.1, 0.15) is 6.54 Å². The number of carbonyl (C=O) groups excluding carboxylic acids is 3. The molecule has 2 heterocycles. The third-order valence-corrected chi connectivity index (χ3v) is 5.36. The number of amides is 3. The van der Waals surface area contributed by atoms with Gasteiger partial charge in [0, 0.05) is 19.6 Å². The molecule has 0 aromatic heterocycles. The highest BCUT2D eigenvalue weighted by molar-refractivity contribution is 6.22. The summed E-state index contributed by atoms with van der Waals surface area (Å²) < 4.78 is 0. The SMILES string of the molecule is CN1CCN(C(=O)CN2C(=O)c3ccccc3C2=O)CC1c1ccccc1. The van der Waals surface area contributed by atoms with Crippen molar-refractivity contribution in [2.75, 3.05) is 33.2 Å². The van der Waals surface area contributed by atoms with Crippen molar-refractivity contribution in [2.45, 2.75) is 6.04 Å². The summed E-state index contributed by atoms with van der Waals surface area (Å²) in [5.74, 6) is -0.978. The Morgan fingerprint density at radius 3 is 2.15 bits per heavy atom. The van der Waals surface area contributed by atoms with Crippen LogP contribution < -0.4 is 0 Å². The van der Waals surface area contributed by atoms with Gasteiger partial charge in [0.25, 0.3) is 11.8 Å². The first kappa shape index (κ1) is 17.4. The smallest absolute Gasteiger partial charge is 0.262 e. The van der Waals surface area contributed by atoms with Crippen molar-refractivity contribution in [3.8, 4) is 0 Å². The Morgan fingerprint density at radius 1 is 0.926 bits per heavy atom. The Bertz CT molecular complexity index is 862. The molecule has 0 spiro atoms. The summed E-state index contributed by atoms with van der Waals surface area (Å²) in [6.07, 6.45) is 0. The van der Waals surface area contributed by atoms with Crippen LogP contribution in [0.15, 0.2) is 54.6 Å². The van der Waals surface area contributed by atoms with Gasteiger partial charge in [0.05, 0.1) is 17.2 Å². The predicted octanol–water partition coefficient (Wildman–Crippen LogP) is 1.80. The summed E-state index contributed by atoms with van der Waals surface area (Å²) in [5, 5.41) is 0. The van der Waals surface area contributed by atoms with Crippen molar-refractivity contribution in [1.29, 1.82) is 0 Å². The third kappa shape index (κ3) is 3.13. The molecule has 0 bridgehead atoms. The lowest BCUT2D eigenvalue weighted by molar-refractivity contribution is -0.134. The minimum absolute atomic E-state index is 0.103. The van der Waals surface area contributed by atoms with E-state index >= 15 is 0 Å². The highest BCUT2D eigenvalue weighted by Gasteiger charge is 2.38. The Kier molecular flexibility index (Phi) is 4.49. The Balaban J connectivity index is 1.48. The van der Waals surface area contributed by atoms with Crippen molar-refractivity contribution < 1.29 is 14.4 Å². The summed E-state index contributed by atoms with van der Waals surface area (Å²) in [7, 11) is 2.05. The van der Waals surface area contributed by atoms with E-state index in [1.54, 1.807) is 29.2 Å². The van der Waals surface area contributed by atoms with Crippen LogP contribution in [0.3, 0.4) is 0 Å². The summed E-state index contributed by atoms with van der Waals surface area (Å²) >= 11 is 0. The number of hydrogen-bond donors (Lipinski definition) is 0. The van der Waals surface area contributed by atoms with Gasteiger partial charge in [0.2, 0.25) is 5.91 Å². The first-order chi connectivity index (χ1) is 13.1. The number of imide groups is 1. The van der Waals surface area contributed by atoms with E-state index < -0.39 is 11.8 Å².